The lowest BCUT2D eigenvalue weighted by atomic mass is 10.1. The quantitative estimate of drug-likeness (QED) is 0.443. The molecule has 0 bridgehead atoms. The van der Waals surface area contributed by atoms with E-state index in [0.717, 1.165) is 5.56 Å². The molecular formula is C23H19ClN4O2. The van der Waals surface area contributed by atoms with Gasteiger partial charge in [-0.25, -0.2) is 0 Å². The number of benzene rings is 2. The van der Waals surface area contributed by atoms with Crippen molar-refractivity contribution in [2.45, 2.75) is 12.8 Å². The Hall–Kier alpha value is -3.64. The first-order chi connectivity index (χ1) is 14.7. The van der Waals surface area contributed by atoms with Gasteiger partial charge in [0.2, 0.25) is 11.8 Å². The molecule has 0 aliphatic carbocycles. The summed E-state index contributed by atoms with van der Waals surface area (Å²) in [5, 5.41) is 11.8. The lowest BCUT2D eigenvalue weighted by Crippen LogP contribution is -2.12. The summed E-state index contributed by atoms with van der Waals surface area (Å²) in [5.74, 6) is 1.65. The Bertz CT molecular complexity index is 1110. The Labute approximate surface area is 179 Å². The number of nitrogens with zero attached hydrogens (tertiary/aromatic N) is 3. The highest BCUT2D eigenvalue weighted by Gasteiger charge is 2.06. The van der Waals surface area contributed by atoms with Crippen LogP contribution in [0.2, 0.25) is 5.02 Å². The molecule has 6 nitrogen and oxygen atoms in total. The predicted molar refractivity (Wildman–Crippen MR) is 116 cm³/mol. The fraction of sp³-hybridized carbons (Fsp3) is 0.0870. The van der Waals surface area contributed by atoms with Crippen LogP contribution in [0.1, 0.15) is 12.0 Å². The van der Waals surface area contributed by atoms with E-state index >= 15 is 0 Å². The summed E-state index contributed by atoms with van der Waals surface area (Å²) in [7, 11) is 0. The molecule has 0 saturated heterocycles. The number of carbonyl (C=O) groups is 1. The minimum absolute atomic E-state index is 0.0601. The van der Waals surface area contributed by atoms with E-state index in [9.17, 15) is 4.79 Å². The van der Waals surface area contributed by atoms with Gasteiger partial charge in [-0.1, -0.05) is 23.7 Å². The second kappa shape index (κ2) is 9.24. The van der Waals surface area contributed by atoms with Gasteiger partial charge in [0.05, 0.1) is 0 Å². The van der Waals surface area contributed by atoms with Gasteiger partial charge < -0.3 is 14.6 Å². The highest BCUT2D eigenvalue weighted by Crippen LogP contribution is 2.22. The van der Waals surface area contributed by atoms with Gasteiger partial charge in [-0.2, -0.15) is 0 Å². The van der Waals surface area contributed by atoms with Gasteiger partial charge in [-0.05, 0) is 66.6 Å². The van der Waals surface area contributed by atoms with E-state index in [-0.39, 0.29) is 5.91 Å². The molecule has 150 valence electrons. The topological polar surface area (TPSA) is 69.0 Å². The molecule has 0 aliphatic rings. The summed E-state index contributed by atoms with van der Waals surface area (Å²) < 4.78 is 7.58. The monoisotopic (exact) mass is 418 g/mol. The van der Waals surface area contributed by atoms with Crippen LogP contribution < -0.4 is 10.1 Å². The number of rotatable bonds is 7. The van der Waals surface area contributed by atoms with Crippen LogP contribution in [0.15, 0.2) is 85.2 Å². The Kier molecular flexibility index (Phi) is 6.06. The Morgan fingerprint density at radius 2 is 1.77 bits per heavy atom. The summed E-state index contributed by atoms with van der Waals surface area (Å²) >= 11 is 5.97. The molecular weight excluding hydrogens is 400 g/mol. The smallest absolute Gasteiger partial charge is 0.238 e. The van der Waals surface area contributed by atoms with E-state index in [4.69, 9.17) is 16.3 Å². The van der Waals surface area contributed by atoms with Crippen molar-refractivity contribution < 1.29 is 9.53 Å². The van der Waals surface area contributed by atoms with Crippen LogP contribution in [0.4, 0.5) is 5.69 Å². The summed E-state index contributed by atoms with van der Waals surface area (Å²) in [5.41, 5.74) is 1.73. The highest BCUT2D eigenvalue weighted by molar-refractivity contribution is 6.30. The maximum Gasteiger partial charge on any atom is 0.238 e. The van der Waals surface area contributed by atoms with Crippen LogP contribution in [-0.2, 0) is 11.2 Å². The first kappa shape index (κ1) is 19.7. The van der Waals surface area contributed by atoms with Gasteiger partial charge in [0, 0.05) is 35.6 Å². The minimum Gasteiger partial charge on any atom is -0.438 e. The maximum absolute atomic E-state index is 12.2. The third-order valence-electron chi connectivity index (χ3n) is 4.39. The summed E-state index contributed by atoms with van der Waals surface area (Å²) in [6, 6.07) is 22.1. The molecule has 0 unspecified atom stereocenters. The number of aromatic nitrogens is 3. The van der Waals surface area contributed by atoms with Crippen LogP contribution in [-0.4, -0.2) is 20.7 Å². The molecule has 4 aromatic rings. The third-order valence-corrected chi connectivity index (χ3v) is 4.62. The molecule has 2 aromatic carbocycles. The van der Waals surface area contributed by atoms with Gasteiger partial charge in [-0.15, -0.1) is 10.2 Å². The Morgan fingerprint density at radius 1 is 0.967 bits per heavy atom. The van der Waals surface area contributed by atoms with E-state index in [1.54, 1.807) is 30.3 Å². The lowest BCUT2D eigenvalue weighted by Gasteiger charge is -2.08. The molecule has 2 aromatic heterocycles. The van der Waals surface area contributed by atoms with Gasteiger partial charge in [-0.3, -0.25) is 4.79 Å². The average Bonchev–Trinajstić information content (AvgIpc) is 3.29. The highest BCUT2D eigenvalue weighted by atomic mass is 35.5. The van der Waals surface area contributed by atoms with Gasteiger partial charge in [0.25, 0.3) is 0 Å². The number of hydrogen-bond acceptors (Lipinski definition) is 4. The van der Waals surface area contributed by atoms with Crippen LogP contribution in [0, 0.1) is 0 Å². The molecule has 4 rings (SSSR count). The molecule has 0 atom stereocenters. The van der Waals surface area contributed by atoms with Crippen LogP contribution in [0.25, 0.3) is 5.82 Å². The maximum atomic E-state index is 12.2. The van der Waals surface area contributed by atoms with Gasteiger partial charge in [0.15, 0.2) is 5.82 Å². The molecule has 1 amide bonds. The average molecular weight is 419 g/mol. The normalized spacial score (nSPS) is 10.6. The summed E-state index contributed by atoms with van der Waals surface area (Å²) in [4.78, 5) is 12.2. The lowest BCUT2D eigenvalue weighted by molar-refractivity contribution is -0.116. The molecule has 0 aliphatic heterocycles. The van der Waals surface area contributed by atoms with Gasteiger partial charge >= 0.3 is 0 Å². The van der Waals surface area contributed by atoms with Crippen molar-refractivity contribution in [1.82, 2.24) is 14.8 Å². The van der Waals surface area contributed by atoms with E-state index in [2.05, 4.69) is 15.5 Å². The second-order valence-electron chi connectivity index (χ2n) is 6.62. The minimum atomic E-state index is -0.0601. The van der Waals surface area contributed by atoms with Crippen molar-refractivity contribution in [2.75, 3.05) is 5.32 Å². The molecule has 1 N–H and O–H groups in total. The van der Waals surface area contributed by atoms with Crippen molar-refractivity contribution in [3.63, 3.8) is 0 Å². The number of amides is 1. The Morgan fingerprint density at radius 3 is 2.47 bits per heavy atom. The molecule has 0 spiro atoms. The van der Waals surface area contributed by atoms with Crippen molar-refractivity contribution in [3.8, 4) is 17.4 Å². The third kappa shape index (κ3) is 5.24. The van der Waals surface area contributed by atoms with Crippen molar-refractivity contribution in [1.29, 1.82) is 0 Å². The molecule has 2 heterocycles. The zero-order valence-electron chi connectivity index (χ0n) is 16.0. The SMILES string of the molecule is O=C(CCc1cccc(Cl)c1)Nc1ccc(Oc2ccc(-n3cccc3)nn2)cc1. The van der Waals surface area contributed by atoms with E-state index in [0.29, 0.717) is 41.0 Å². The first-order valence-electron chi connectivity index (χ1n) is 9.45. The molecule has 0 radical (unpaired) electrons. The fourth-order valence-corrected chi connectivity index (χ4v) is 3.11. The Balaban J connectivity index is 1.30. The molecule has 30 heavy (non-hydrogen) atoms. The van der Waals surface area contributed by atoms with Crippen molar-refractivity contribution in [3.05, 3.63) is 95.8 Å². The van der Waals surface area contributed by atoms with Crippen LogP contribution in [0.3, 0.4) is 0 Å². The standard InChI is InChI=1S/C23H19ClN4O2/c24-18-5-3-4-17(16-18)6-12-22(29)25-19-7-9-20(10-8-19)30-23-13-11-21(26-27-23)28-14-1-2-15-28/h1-5,7-11,13-16H,6,12H2,(H,25,29). The molecule has 7 heteroatoms. The van der Waals surface area contributed by atoms with Crippen molar-refractivity contribution >= 4 is 23.2 Å². The van der Waals surface area contributed by atoms with E-state index in [1.807, 2.05) is 59.4 Å². The number of halogens is 1. The predicted octanol–water partition coefficient (Wildman–Crippen LogP) is 5.28. The van der Waals surface area contributed by atoms with Crippen LogP contribution in [0.5, 0.6) is 11.6 Å². The number of hydrogen-bond donors (Lipinski definition) is 1. The van der Waals surface area contributed by atoms with Crippen LogP contribution >= 0.6 is 11.6 Å². The first-order valence-corrected chi connectivity index (χ1v) is 9.83. The number of carbonyl (C=O) groups excluding carboxylic acids is 1. The zero-order valence-corrected chi connectivity index (χ0v) is 16.8. The number of ether oxygens (including phenoxy) is 1. The second-order valence-corrected chi connectivity index (χ2v) is 7.06. The summed E-state index contributed by atoms with van der Waals surface area (Å²) in [6.07, 6.45) is 4.80. The zero-order chi connectivity index (χ0) is 20.8. The molecule has 0 saturated carbocycles. The summed E-state index contributed by atoms with van der Waals surface area (Å²) in [6.45, 7) is 0. The number of nitrogens with one attached hydrogen (secondary N) is 1. The number of aryl methyl sites for hydroxylation is 1. The molecule has 0 fully saturated rings. The fourth-order valence-electron chi connectivity index (χ4n) is 2.89. The van der Waals surface area contributed by atoms with Gasteiger partial charge in [0.1, 0.15) is 5.75 Å². The van der Waals surface area contributed by atoms with E-state index in [1.165, 1.54) is 0 Å². The van der Waals surface area contributed by atoms with E-state index < -0.39 is 0 Å². The van der Waals surface area contributed by atoms with Crippen molar-refractivity contribution in [2.24, 2.45) is 0 Å². The largest absolute Gasteiger partial charge is 0.438 e. The number of anilines is 1.